The number of amides is 2. The van der Waals surface area contributed by atoms with Crippen molar-refractivity contribution < 1.29 is 14.4 Å². The summed E-state index contributed by atoms with van der Waals surface area (Å²) in [6.07, 6.45) is 0. The summed E-state index contributed by atoms with van der Waals surface area (Å²) < 4.78 is 7.10. The van der Waals surface area contributed by atoms with Crippen LogP contribution in [0.5, 0.6) is 5.88 Å². The Morgan fingerprint density at radius 2 is 2.17 bits per heavy atom. The molecule has 0 unspecified atom stereocenters. The first-order chi connectivity index (χ1) is 10.9. The van der Waals surface area contributed by atoms with Gasteiger partial charge in [0.1, 0.15) is 11.6 Å². The third kappa shape index (κ3) is 4.28. The Kier molecular flexibility index (Phi) is 5.70. The number of nitrogens with zero attached hydrogens (tertiary/aromatic N) is 3. The van der Waals surface area contributed by atoms with E-state index in [0.717, 1.165) is 10.6 Å². The summed E-state index contributed by atoms with van der Waals surface area (Å²) in [5, 5.41) is 8.19. The molecule has 9 heteroatoms. The number of nitrogens with one attached hydrogen (secondary N) is 1. The van der Waals surface area contributed by atoms with E-state index >= 15 is 0 Å². The van der Waals surface area contributed by atoms with Crippen LogP contribution in [0.3, 0.4) is 0 Å². The fourth-order valence-corrected chi connectivity index (χ4v) is 2.19. The van der Waals surface area contributed by atoms with Crippen LogP contribution < -0.4 is 10.1 Å². The highest BCUT2D eigenvalue weighted by Crippen LogP contribution is 2.31. The van der Waals surface area contributed by atoms with Gasteiger partial charge in [-0.1, -0.05) is 35.3 Å². The van der Waals surface area contributed by atoms with Gasteiger partial charge < -0.3 is 10.1 Å². The maximum atomic E-state index is 11.7. The summed E-state index contributed by atoms with van der Waals surface area (Å²) in [5.74, 6) is 0.380. The van der Waals surface area contributed by atoms with E-state index in [0.29, 0.717) is 11.6 Å². The van der Waals surface area contributed by atoms with Gasteiger partial charge in [0.05, 0.1) is 7.11 Å². The van der Waals surface area contributed by atoms with Gasteiger partial charge in [-0.05, 0) is 17.7 Å². The molecule has 0 saturated heterocycles. The lowest BCUT2D eigenvalue weighted by molar-refractivity contribution is -0.0598. The van der Waals surface area contributed by atoms with Crippen LogP contribution in [0.4, 0.5) is 10.5 Å². The third-order valence-corrected chi connectivity index (χ3v) is 3.72. The Labute approximate surface area is 143 Å². The number of hydrogen-bond acceptors (Lipinski definition) is 4. The zero-order valence-corrected chi connectivity index (χ0v) is 14.4. The zero-order valence-electron chi connectivity index (χ0n) is 12.8. The molecule has 0 atom stereocenters. The first-order valence-corrected chi connectivity index (χ1v) is 7.36. The van der Waals surface area contributed by atoms with Gasteiger partial charge in [0.2, 0.25) is 5.88 Å². The number of aromatic nitrogens is 2. The fraction of sp³-hybridized carbons (Fsp3) is 0.286. The summed E-state index contributed by atoms with van der Waals surface area (Å²) in [7, 11) is 4.60. The molecule has 7 nitrogen and oxygen atoms in total. The van der Waals surface area contributed by atoms with Crippen molar-refractivity contribution >= 4 is 34.9 Å². The Morgan fingerprint density at radius 1 is 1.43 bits per heavy atom. The van der Waals surface area contributed by atoms with Crippen molar-refractivity contribution in [3.8, 4) is 5.88 Å². The van der Waals surface area contributed by atoms with Gasteiger partial charge in [-0.15, -0.1) is 0 Å². The second-order valence-corrected chi connectivity index (χ2v) is 5.37. The molecule has 0 aliphatic carbocycles. The van der Waals surface area contributed by atoms with E-state index in [1.54, 1.807) is 25.2 Å². The zero-order chi connectivity index (χ0) is 17.0. The first kappa shape index (κ1) is 17.4. The van der Waals surface area contributed by atoms with Crippen LogP contribution in [0.25, 0.3) is 0 Å². The summed E-state index contributed by atoms with van der Waals surface area (Å²) in [5.41, 5.74) is 1.46. The van der Waals surface area contributed by atoms with Crippen LogP contribution in [0.1, 0.15) is 5.56 Å². The molecule has 0 saturated carbocycles. The van der Waals surface area contributed by atoms with Crippen molar-refractivity contribution in [1.29, 1.82) is 0 Å². The minimum atomic E-state index is -0.382. The lowest BCUT2D eigenvalue weighted by Crippen LogP contribution is -2.30. The maximum absolute atomic E-state index is 11.7. The molecule has 1 N–H and O–H groups in total. The van der Waals surface area contributed by atoms with Gasteiger partial charge in [-0.25, -0.2) is 14.5 Å². The minimum Gasteiger partial charge on any atom is -0.472 e. The molecule has 0 aliphatic rings. The topological polar surface area (TPSA) is 68.6 Å². The molecule has 2 aromatic rings. The van der Waals surface area contributed by atoms with Gasteiger partial charge in [-0.2, -0.15) is 5.10 Å². The molecule has 23 heavy (non-hydrogen) atoms. The number of benzene rings is 1. The van der Waals surface area contributed by atoms with E-state index in [4.69, 9.17) is 32.8 Å². The second kappa shape index (κ2) is 7.54. The average Bonchev–Trinajstić information content (AvgIpc) is 2.77. The smallest absolute Gasteiger partial charge is 0.345 e. The number of carbonyl (C=O) groups excluding carboxylic acids is 1. The lowest BCUT2D eigenvalue weighted by Gasteiger charge is -2.15. The Balaban J connectivity index is 2.04. The standard InChI is InChI=1S/C14H16Cl2N4O3/c1-19-13(11(15)12(16)18-19)23-8-9-5-4-6-10(7-9)17-14(21)20(2)22-3/h4-7H,8H2,1-3H3,(H,17,21). The van der Waals surface area contributed by atoms with Crippen LogP contribution in [0.2, 0.25) is 10.2 Å². The quantitative estimate of drug-likeness (QED) is 0.832. The number of rotatable bonds is 5. The summed E-state index contributed by atoms with van der Waals surface area (Å²) in [6.45, 7) is 0.249. The van der Waals surface area contributed by atoms with Crippen molar-refractivity contribution in [3.05, 3.63) is 40.0 Å². The second-order valence-electron chi connectivity index (χ2n) is 4.63. The van der Waals surface area contributed by atoms with Crippen LogP contribution in [-0.2, 0) is 18.5 Å². The molecule has 0 aliphatic heterocycles. The summed E-state index contributed by atoms with van der Waals surface area (Å²) in [4.78, 5) is 16.5. The lowest BCUT2D eigenvalue weighted by atomic mass is 10.2. The van der Waals surface area contributed by atoms with Gasteiger partial charge in [0.15, 0.2) is 5.15 Å². The molecule has 1 heterocycles. The normalized spacial score (nSPS) is 10.5. The maximum Gasteiger partial charge on any atom is 0.345 e. The van der Waals surface area contributed by atoms with E-state index in [1.165, 1.54) is 18.8 Å². The van der Waals surface area contributed by atoms with Gasteiger partial charge in [-0.3, -0.25) is 4.84 Å². The number of anilines is 1. The Hall–Kier alpha value is -1.96. The van der Waals surface area contributed by atoms with Crippen LogP contribution >= 0.6 is 23.2 Å². The van der Waals surface area contributed by atoms with Gasteiger partial charge >= 0.3 is 6.03 Å². The highest BCUT2D eigenvalue weighted by Gasteiger charge is 2.14. The number of ether oxygens (including phenoxy) is 1. The van der Waals surface area contributed by atoms with Crippen molar-refractivity contribution in [2.24, 2.45) is 7.05 Å². The molecule has 0 radical (unpaired) electrons. The largest absolute Gasteiger partial charge is 0.472 e. The van der Waals surface area contributed by atoms with Gasteiger partial charge in [0.25, 0.3) is 0 Å². The monoisotopic (exact) mass is 358 g/mol. The fourth-order valence-electron chi connectivity index (χ4n) is 1.78. The molecule has 1 aromatic carbocycles. The molecule has 2 amide bonds. The molecule has 1 aromatic heterocycles. The molecular weight excluding hydrogens is 343 g/mol. The summed E-state index contributed by atoms with van der Waals surface area (Å²) >= 11 is 11.8. The molecule has 124 valence electrons. The summed E-state index contributed by atoms with van der Waals surface area (Å²) in [6, 6.07) is 6.83. The predicted octanol–water partition coefficient (Wildman–Crippen LogP) is 3.33. The van der Waals surface area contributed by atoms with Crippen LogP contribution in [0.15, 0.2) is 24.3 Å². The van der Waals surface area contributed by atoms with Gasteiger partial charge in [0, 0.05) is 19.8 Å². The SMILES string of the molecule is CON(C)C(=O)Nc1cccc(COc2c(Cl)c(Cl)nn2C)c1. The van der Waals surface area contributed by atoms with E-state index in [2.05, 4.69) is 10.4 Å². The van der Waals surface area contributed by atoms with Crippen LogP contribution in [0, 0.1) is 0 Å². The Bertz CT molecular complexity index is 705. The molecule has 0 bridgehead atoms. The molecule has 2 rings (SSSR count). The first-order valence-electron chi connectivity index (χ1n) is 6.61. The average molecular weight is 359 g/mol. The molecule has 0 spiro atoms. The number of hydroxylamine groups is 2. The minimum absolute atomic E-state index is 0.188. The van der Waals surface area contributed by atoms with E-state index in [1.807, 2.05) is 6.07 Å². The predicted molar refractivity (Wildman–Crippen MR) is 87.8 cm³/mol. The number of carbonyl (C=O) groups is 1. The van der Waals surface area contributed by atoms with E-state index < -0.39 is 0 Å². The molecular formula is C14H16Cl2N4O3. The number of urea groups is 1. The van der Waals surface area contributed by atoms with Crippen molar-refractivity contribution in [2.45, 2.75) is 6.61 Å². The van der Waals surface area contributed by atoms with Crippen molar-refractivity contribution in [3.63, 3.8) is 0 Å². The molecule has 0 fully saturated rings. The highest BCUT2D eigenvalue weighted by atomic mass is 35.5. The number of hydrogen-bond donors (Lipinski definition) is 1. The van der Waals surface area contributed by atoms with E-state index in [9.17, 15) is 4.79 Å². The number of halogens is 2. The van der Waals surface area contributed by atoms with Crippen LogP contribution in [-0.4, -0.2) is 35.0 Å². The number of aryl methyl sites for hydroxylation is 1. The van der Waals surface area contributed by atoms with Crippen molar-refractivity contribution in [2.75, 3.05) is 19.5 Å². The Morgan fingerprint density at radius 3 is 2.78 bits per heavy atom. The van der Waals surface area contributed by atoms with E-state index in [-0.39, 0.29) is 22.8 Å². The third-order valence-electron chi connectivity index (χ3n) is 3.01. The van der Waals surface area contributed by atoms with Crippen molar-refractivity contribution in [1.82, 2.24) is 14.8 Å². The highest BCUT2D eigenvalue weighted by molar-refractivity contribution is 6.42.